The molecule has 1 saturated heterocycles. The lowest BCUT2D eigenvalue weighted by Crippen LogP contribution is -2.45. The number of pyridine rings is 1. The molecular formula is C20H22N6O2. The minimum atomic E-state index is -0.552. The van der Waals surface area contributed by atoms with Gasteiger partial charge in [0.25, 0.3) is 11.5 Å². The van der Waals surface area contributed by atoms with E-state index in [1.165, 1.54) is 16.6 Å². The first-order valence-corrected chi connectivity index (χ1v) is 9.01. The number of carbonyl (C=O) groups excluding carboxylic acids is 1. The molecule has 0 bridgehead atoms. The third kappa shape index (κ3) is 3.94. The molecule has 0 aromatic carbocycles. The number of hydrogen-bond acceptors (Lipinski definition) is 6. The number of nitrogens with zero attached hydrogens (tertiary/aromatic N) is 5. The smallest absolute Gasteiger partial charge is 0.267 e. The number of aromatic nitrogens is 2. The van der Waals surface area contributed by atoms with Crippen LogP contribution in [0, 0.1) is 11.3 Å². The van der Waals surface area contributed by atoms with E-state index in [2.05, 4.69) is 21.8 Å². The molecule has 0 spiro atoms. The molecular weight excluding hydrogens is 356 g/mol. The number of nitrogens with one attached hydrogen (secondary N) is 1. The second kappa shape index (κ2) is 8.50. The summed E-state index contributed by atoms with van der Waals surface area (Å²) in [7, 11) is 2.04. The highest BCUT2D eigenvalue weighted by molar-refractivity contribution is 6.02. The third-order valence-corrected chi connectivity index (χ3v) is 4.61. The predicted molar refractivity (Wildman–Crippen MR) is 108 cm³/mol. The fraction of sp³-hybridized carbons (Fsp3) is 0.300. The summed E-state index contributed by atoms with van der Waals surface area (Å²) < 4.78 is 1.42. The molecule has 2 aromatic heterocycles. The molecule has 1 fully saturated rings. The van der Waals surface area contributed by atoms with Gasteiger partial charge in [-0.15, -0.1) is 6.58 Å². The molecule has 0 aliphatic carbocycles. The Kier molecular flexibility index (Phi) is 5.87. The molecule has 144 valence electrons. The molecule has 0 saturated carbocycles. The number of carbonyl (C=O) groups is 1. The van der Waals surface area contributed by atoms with Crippen LogP contribution >= 0.6 is 0 Å². The molecule has 3 rings (SSSR count). The molecule has 1 aliphatic heterocycles. The molecule has 1 N–H and O–H groups in total. The van der Waals surface area contributed by atoms with E-state index in [4.69, 9.17) is 0 Å². The lowest BCUT2D eigenvalue weighted by molar-refractivity contribution is -0.116. The summed E-state index contributed by atoms with van der Waals surface area (Å²) in [6.07, 6.45) is 4.48. The second-order valence-corrected chi connectivity index (χ2v) is 6.54. The highest BCUT2D eigenvalue weighted by Gasteiger charge is 2.22. The minimum absolute atomic E-state index is 0.146. The van der Waals surface area contributed by atoms with Gasteiger partial charge in [0.05, 0.1) is 5.56 Å². The summed E-state index contributed by atoms with van der Waals surface area (Å²) in [4.78, 5) is 34.3. The van der Waals surface area contributed by atoms with Gasteiger partial charge in [0, 0.05) is 38.9 Å². The Morgan fingerprint density at radius 2 is 2.11 bits per heavy atom. The second-order valence-electron chi connectivity index (χ2n) is 6.54. The van der Waals surface area contributed by atoms with Crippen molar-refractivity contribution in [1.82, 2.24) is 19.6 Å². The van der Waals surface area contributed by atoms with Gasteiger partial charge < -0.3 is 15.1 Å². The minimum Gasteiger partial charge on any atom is -0.353 e. The summed E-state index contributed by atoms with van der Waals surface area (Å²) in [5, 5.41) is 12.0. The van der Waals surface area contributed by atoms with Crippen molar-refractivity contribution in [2.24, 2.45) is 0 Å². The Morgan fingerprint density at radius 3 is 2.79 bits per heavy atom. The van der Waals surface area contributed by atoms with Crippen LogP contribution < -0.4 is 15.8 Å². The topological polar surface area (TPSA) is 93.7 Å². The van der Waals surface area contributed by atoms with Gasteiger partial charge >= 0.3 is 0 Å². The average Bonchev–Trinajstić information content (AvgIpc) is 2.72. The van der Waals surface area contributed by atoms with E-state index in [9.17, 15) is 14.9 Å². The van der Waals surface area contributed by atoms with E-state index in [1.807, 2.05) is 24.1 Å². The summed E-state index contributed by atoms with van der Waals surface area (Å²) in [5.41, 5.74) is 0.294. The zero-order valence-electron chi connectivity index (χ0n) is 15.8. The molecule has 2 aromatic rings. The van der Waals surface area contributed by atoms with Crippen LogP contribution in [0.5, 0.6) is 0 Å². The van der Waals surface area contributed by atoms with E-state index in [-0.39, 0.29) is 23.2 Å². The molecule has 8 nitrogen and oxygen atoms in total. The molecule has 0 radical (unpaired) electrons. The van der Waals surface area contributed by atoms with E-state index < -0.39 is 5.91 Å². The molecule has 1 amide bonds. The molecule has 8 heteroatoms. The fourth-order valence-corrected chi connectivity index (χ4v) is 3.03. The Balaban J connectivity index is 2.14. The van der Waals surface area contributed by atoms with E-state index in [1.54, 1.807) is 18.3 Å². The molecule has 0 atom stereocenters. The largest absolute Gasteiger partial charge is 0.353 e. The van der Waals surface area contributed by atoms with E-state index >= 15 is 0 Å². The first kappa shape index (κ1) is 19.3. The van der Waals surface area contributed by atoms with Gasteiger partial charge in [0.2, 0.25) is 0 Å². The van der Waals surface area contributed by atoms with Crippen molar-refractivity contribution in [1.29, 1.82) is 5.26 Å². The van der Waals surface area contributed by atoms with Crippen LogP contribution in [0.4, 0.5) is 5.82 Å². The number of nitriles is 1. The van der Waals surface area contributed by atoms with Crippen LogP contribution in [-0.4, -0.2) is 60.0 Å². The Hall–Kier alpha value is -3.44. The Labute approximate surface area is 163 Å². The van der Waals surface area contributed by atoms with Crippen molar-refractivity contribution < 1.29 is 4.79 Å². The van der Waals surface area contributed by atoms with Gasteiger partial charge in [-0.3, -0.25) is 14.0 Å². The molecule has 28 heavy (non-hydrogen) atoms. The van der Waals surface area contributed by atoms with E-state index in [0.717, 1.165) is 13.1 Å². The molecule has 0 unspecified atom stereocenters. The standard InChI is InChI=1S/C20H22N6O2/c1-3-7-22-19(27)15(14-21)13-16-18(25-11-9-24(2)10-12-25)23-17-6-4-5-8-26(17)20(16)28/h3-6,8,13H,1,7,9-12H2,2H3,(H,22,27)/b15-13+. The predicted octanol–water partition coefficient (Wildman–Crippen LogP) is 0.655. The van der Waals surface area contributed by atoms with Gasteiger partial charge in [-0.2, -0.15) is 5.26 Å². The van der Waals surface area contributed by atoms with E-state index in [0.29, 0.717) is 24.6 Å². The van der Waals surface area contributed by atoms with Crippen LogP contribution in [0.3, 0.4) is 0 Å². The summed E-state index contributed by atoms with van der Waals surface area (Å²) in [6.45, 7) is 6.86. The van der Waals surface area contributed by atoms with Gasteiger partial charge in [-0.05, 0) is 25.3 Å². The monoisotopic (exact) mass is 378 g/mol. The van der Waals surface area contributed by atoms with Gasteiger partial charge in [0.1, 0.15) is 23.1 Å². The van der Waals surface area contributed by atoms with Crippen LogP contribution in [0.15, 0.2) is 47.4 Å². The van der Waals surface area contributed by atoms with Gasteiger partial charge in [0.15, 0.2) is 0 Å². The number of rotatable bonds is 5. The SMILES string of the molecule is C=CCNC(=O)/C(C#N)=C/c1c(N2CCN(C)CC2)nc2ccccn2c1=O. The maximum absolute atomic E-state index is 13.1. The maximum atomic E-state index is 13.1. The zero-order valence-corrected chi connectivity index (χ0v) is 15.8. The Morgan fingerprint density at radius 1 is 1.36 bits per heavy atom. The summed E-state index contributed by atoms with van der Waals surface area (Å²) >= 11 is 0. The number of amides is 1. The van der Waals surface area contributed by atoms with Crippen molar-refractivity contribution in [2.45, 2.75) is 0 Å². The zero-order chi connectivity index (χ0) is 20.1. The lowest BCUT2D eigenvalue weighted by Gasteiger charge is -2.34. The first-order chi connectivity index (χ1) is 13.5. The van der Waals surface area contributed by atoms with Crippen molar-refractivity contribution in [2.75, 3.05) is 44.7 Å². The number of piperazine rings is 1. The van der Waals surface area contributed by atoms with Crippen molar-refractivity contribution in [3.8, 4) is 6.07 Å². The van der Waals surface area contributed by atoms with Crippen molar-refractivity contribution >= 4 is 23.4 Å². The first-order valence-electron chi connectivity index (χ1n) is 9.01. The lowest BCUT2D eigenvalue weighted by atomic mass is 10.1. The quantitative estimate of drug-likeness (QED) is 0.467. The number of anilines is 1. The van der Waals surface area contributed by atoms with Gasteiger partial charge in [-0.25, -0.2) is 4.98 Å². The normalized spacial score (nSPS) is 15.3. The van der Waals surface area contributed by atoms with Crippen molar-refractivity contribution in [3.05, 3.63) is 58.5 Å². The van der Waals surface area contributed by atoms with Crippen LogP contribution in [-0.2, 0) is 4.79 Å². The van der Waals surface area contributed by atoms with Crippen LogP contribution in [0.25, 0.3) is 11.7 Å². The highest BCUT2D eigenvalue weighted by Crippen LogP contribution is 2.20. The maximum Gasteiger partial charge on any atom is 0.267 e. The average molecular weight is 378 g/mol. The number of likely N-dealkylation sites (N-methyl/N-ethyl adjacent to an activating group) is 1. The van der Waals surface area contributed by atoms with Crippen LogP contribution in [0.1, 0.15) is 5.56 Å². The third-order valence-electron chi connectivity index (χ3n) is 4.61. The number of fused-ring (bicyclic) bond motifs is 1. The summed E-state index contributed by atoms with van der Waals surface area (Å²) in [5.74, 6) is -0.0575. The van der Waals surface area contributed by atoms with Crippen molar-refractivity contribution in [3.63, 3.8) is 0 Å². The fourth-order valence-electron chi connectivity index (χ4n) is 3.03. The number of hydrogen-bond donors (Lipinski definition) is 1. The summed E-state index contributed by atoms with van der Waals surface area (Å²) in [6, 6.07) is 7.20. The van der Waals surface area contributed by atoms with Gasteiger partial charge in [-0.1, -0.05) is 12.1 Å². The molecule has 3 heterocycles. The van der Waals surface area contributed by atoms with Crippen LogP contribution in [0.2, 0.25) is 0 Å². The Bertz CT molecular complexity index is 1030. The molecule has 1 aliphatic rings. The highest BCUT2D eigenvalue weighted by atomic mass is 16.1.